The van der Waals surface area contributed by atoms with Gasteiger partial charge in [0.05, 0.1) is 40.3 Å². The maximum absolute atomic E-state index is 12.7. The topological polar surface area (TPSA) is 111 Å². The van der Waals surface area contributed by atoms with E-state index in [1.165, 1.54) is 89.9 Å². The van der Waals surface area contributed by atoms with Crippen LogP contribution in [-0.4, -0.2) is 82.3 Å². The first-order chi connectivity index (χ1) is 24.1. The van der Waals surface area contributed by atoms with Gasteiger partial charge in [0.15, 0.2) is 12.4 Å². The lowest BCUT2D eigenvalue weighted by molar-refractivity contribution is -0.870. The average Bonchev–Trinajstić information content (AvgIpc) is 3.06. The Kier molecular flexibility index (Phi) is 32.8. The molecule has 0 heterocycles. The maximum Gasteiger partial charge on any atom is 0.306 e. The number of unbranched alkanes of at least 4 members (excludes halogenated alkanes) is 20. The molecule has 0 aliphatic rings. The number of likely N-dealkylation sites (N-methyl/N-ethyl adjacent to an activating group) is 1. The molecule has 2 unspecified atom stereocenters. The Balaban J connectivity index is 4.51. The van der Waals surface area contributed by atoms with Crippen LogP contribution in [-0.2, 0) is 33.3 Å². The molecule has 0 rings (SSSR count). The van der Waals surface area contributed by atoms with E-state index in [0.717, 1.165) is 51.4 Å². The van der Waals surface area contributed by atoms with Gasteiger partial charge in [-0.1, -0.05) is 135 Å². The van der Waals surface area contributed by atoms with Crippen LogP contribution in [0.3, 0.4) is 0 Å². The summed E-state index contributed by atoms with van der Waals surface area (Å²) in [6.07, 6.45) is 29.5. The fourth-order valence-electron chi connectivity index (χ4n) is 5.53. The van der Waals surface area contributed by atoms with E-state index in [-0.39, 0.29) is 32.2 Å². The van der Waals surface area contributed by atoms with E-state index in [2.05, 4.69) is 26.0 Å². The number of ether oxygens (including phenoxy) is 4. The van der Waals surface area contributed by atoms with E-state index in [1.807, 2.05) is 21.1 Å². The van der Waals surface area contributed by atoms with Gasteiger partial charge in [0.1, 0.15) is 13.2 Å². The van der Waals surface area contributed by atoms with Gasteiger partial charge in [-0.05, 0) is 38.5 Å². The van der Waals surface area contributed by atoms with Crippen molar-refractivity contribution in [2.45, 2.75) is 187 Å². The van der Waals surface area contributed by atoms with Crippen molar-refractivity contribution in [3.05, 3.63) is 12.2 Å². The van der Waals surface area contributed by atoms with Crippen LogP contribution in [0.25, 0.3) is 0 Å². The first-order valence-electron chi connectivity index (χ1n) is 20.3. The van der Waals surface area contributed by atoms with Gasteiger partial charge in [0.25, 0.3) is 0 Å². The van der Waals surface area contributed by atoms with Crippen LogP contribution in [0, 0.1) is 0 Å². The van der Waals surface area contributed by atoms with Crippen LogP contribution in [0.5, 0.6) is 0 Å². The zero-order chi connectivity index (χ0) is 37.1. The molecular formula is C41H77NO8. The monoisotopic (exact) mass is 712 g/mol. The highest BCUT2D eigenvalue weighted by Crippen LogP contribution is 2.14. The van der Waals surface area contributed by atoms with Crippen molar-refractivity contribution in [2.24, 2.45) is 0 Å². The number of rotatable bonds is 37. The highest BCUT2D eigenvalue weighted by molar-refractivity contribution is 5.70. The first-order valence-corrected chi connectivity index (χ1v) is 20.3. The molecule has 0 saturated heterocycles. The minimum Gasteiger partial charge on any atom is -0.545 e. The Bertz CT molecular complexity index is 841. The van der Waals surface area contributed by atoms with E-state index in [1.54, 1.807) is 0 Å². The Labute approximate surface area is 306 Å². The van der Waals surface area contributed by atoms with E-state index in [4.69, 9.17) is 18.9 Å². The molecule has 0 fully saturated rings. The van der Waals surface area contributed by atoms with Crippen LogP contribution in [0.1, 0.15) is 174 Å². The number of allylic oxidation sites excluding steroid dienone is 2. The summed E-state index contributed by atoms with van der Waals surface area (Å²) in [6, 6.07) is 0. The van der Waals surface area contributed by atoms with Crippen molar-refractivity contribution in [2.75, 3.05) is 47.5 Å². The minimum atomic E-state index is -1.62. The lowest BCUT2D eigenvalue weighted by Crippen LogP contribution is -2.44. The van der Waals surface area contributed by atoms with Crippen LogP contribution in [0.15, 0.2) is 12.2 Å². The molecule has 2 atom stereocenters. The summed E-state index contributed by atoms with van der Waals surface area (Å²) < 4.78 is 22.5. The Hall–Kier alpha value is -1.97. The van der Waals surface area contributed by atoms with Crippen molar-refractivity contribution in [1.29, 1.82) is 0 Å². The number of hydrogen-bond acceptors (Lipinski definition) is 8. The molecule has 9 heteroatoms. The second-order valence-electron chi connectivity index (χ2n) is 14.9. The van der Waals surface area contributed by atoms with Gasteiger partial charge >= 0.3 is 11.9 Å². The Morgan fingerprint density at radius 1 is 0.580 bits per heavy atom. The quantitative estimate of drug-likeness (QED) is 0.0207. The number of nitrogens with zero attached hydrogens (tertiary/aromatic N) is 1. The normalized spacial score (nSPS) is 13.1. The zero-order valence-corrected chi connectivity index (χ0v) is 33.0. The fourth-order valence-corrected chi connectivity index (χ4v) is 5.53. The van der Waals surface area contributed by atoms with Crippen molar-refractivity contribution in [3.8, 4) is 0 Å². The molecule has 0 bridgehead atoms. The standard InChI is InChI=1S/C41H77NO8/c1-6-8-10-12-14-16-18-19-20-22-24-26-28-30-32-39(44)50-37(36-49-41(40(45)46)47-34-33-42(3,4)5)35-48-38(43)31-29-27-25-23-21-17-15-13-11-9-7-2/h18-19,37,41H,6-17,20-36H2,1-5H3/b19-18-. The largest absolute Gasteiger partial charge is 0.545 e. The van der Waals surface area contributed by atoms with Crippen LogP contribution >= 0.6 is 0 Å². The van der Waals surface area contributed by atoms with E-state index in [0.29, 0.717) is 23.9 Å². The van der Waals surface area contributed by atoms with E-state index < -0.39 is 24.3 Å². The molecule has 0 aliphatic carbocycles. The van der Waals surface area contributed by atoms with Gasteiger partial charge < -0.3 is 33.3 Å². The van der Waals surface area contributed by atoms with Gasteiger partial charge in [-0.15, -0.1) is 0 Å². The lowest BCUT2D eigenvalue weighted by atomic mass is 10.1. The Morgan fingerprint density at radius 3 is 1.48 bits per heavy atom. The van der Waals surface area contributed by atoms with Crippen LogP contribution in [0.2, 0.25) is 0 Å². The highest BCUT2D eigenvalue weighted by Gasteiger charge is 2.21. The molecule has 294 valence electrons. The molecule has 50 heavy (non-hydrogen) atoms. The summed E-state index contributed by atoms with van der Waals surface area (Å²) in [5.74, 6) is -2.29. The number of carbonyl (C=O) groups is 3. The summed E-state index contributed by atoms with van der Waals surface area (Å²) in [5, 5.41) is 11.6. The Morgan fingerprint density at radius 2 is 1.02 bits per heavy atom. The second kappa shape index (κ2) is 34.1. The number of quaternary nitrogens is 1. The first kappa shape index (κ1) is 48.0. The van der Waals surface area contributed by atoms with E-state index in [9.17, 15) is 19.5 Å². The predicted molar refractivity (Wildman–Crippen MR) is 200 cm³/mol. The molecule has 0 spiro atoms. The van der Waals surface area contributed by atoms with Crippen LogP contribution in [0.4, 0.5) is 0 Å². The number of carboxylic acid groups (broad SMARTS) is 1. The number of hydrogen-bond donors (Lipinski definition) is 0. The molecule has 9 nitrogen and oxygen atoms in total. The smallest absolute Gasteiger partial charge is 0.306 e. The molecule has 0 aliphatic heterocycles. The fraction of sp³-hybridized carbons (Fsp3) is 0.878. The number of esters is 2. The number of carboxylic acids is 1. The third-order valence-electron chi connectivity index (χ3n) is 8.76. The maximum atomic E-state index is 12.7. The second-order valence-corrected chi connectivity index (χ2v) is 14.9. The molecule has 0 aromatic heterocycles. The summed E-state index contributed by atoms with van der Waals surface area (Å²) in [7, 11) is 5.90. The molecule has 0 amide bonds. The van der Waals surface area contributed by atoms with Gasteiger partial charge in [-0.3, -0.25) is 9.59 Å². The van der Waals surface area contributed by atoms with Crippen molar-refractivity contribution < 1.29 is 42.9 Å². The molecule has 0 N–H and O–H groups in total. The minimum absolute atomic E-state index is 0.149. The molecule has 0 aromatic rings. The van der Waals surface area contributed by atoms with Crippen molar-refractivity contribution >= 4 is 17.9 Å². The molecule has 0 aromatic carbocycles. The number of aliphatic carboxylic acids is 1. The zero-order valence-electron chi connectivity index (χ0n) is 33.0. The summed E-state index contributed by atoms with van der Waals surface area (Å²) in [6.45, 7) is 4.71. The number of carbonyl (C=O) groups excluding carboxylic acids is 3. The third kappa shape index (κ3) is 34.5. The third-order valence-corrected chi connectivity index (χ3v) is 8.76. The molecular weight excluding hydrogens is 634 g/mol. The molecule has 0 radical (unpaired) electrons. The molecule has 0 saturated carbocycles. The van der Waals surface area contributed by atoms with Gasteiger partial charge in [-0.2, -0.15) is 0 Å². The van der Waals surface area contributed by atoms with Crippen LogP contribution < -0.4 is 5.11 Å². The van der Waals surface area contributed by atoms with Gasteiger partial charge in [0.2, 0.25) is 0 Å². The predicted octanol–water partition coefficient (Wildman–Crippen LogP) is 8.61. The summed E-state index contributed by atoms with van der Waals surface area (Å²) in [5.41, 5.74) is 0. The van der Waals surface area contributed by atoms with Gasteiger partial charge in [-0.25, -0.2) is 0 Å². The highest BCUT2D eigenvalue weighted by atomic mass is 16.7. The summed E-state index contributed by atoms with van der Waals surface area (Å²) in [4.78, 5) is 36.8. The lowest BCUT2D eigenvalue weighted by Gasteiger charge is -2.26. The van der Waals surface area contributed by atoms with Gasteiger partial charge in [0, 0.05) is 12.8 Å². The van der Waals surface area contributed by atoms with Crippen molar-refractivity contribution in [3.63, 3.8) is 0 Å². The van der Waals surface area contributed by atoms with E-state index >= 15 is 0 Å². The van der Waals surface area contributed by atoms with Crippen molar-refractivity contribution in [1.82, 2.24) is 0 Å². The SMILES string of the molecule is CCCCCCC/C=C\CCCCCCCC(=O)OC(COC(=O)CCCCCCCCCCCCC)COC(OCC[N+](C)(C)C)C(=O)[O-]. The summed E-state index contributed by atoms with van der Waals surface area (Å²) >= 11 is 0. The average molecular weight is 712 g/mol.